The van der Waals surface area contributed by atoms with E-state index in [0.29, 0.717) is 22.0 Å². The molecule has 0 spiro atoms. The number of ketones is 1. The number of Topliss-reactive ketones (excluding diaryl/α,β-unsaturated/α-hetero) is 1. The molecule has 23 heavy (non-hydrogen) atoms. The summed E-state index contributed by atoms with van der Waals surface area (Å²) in [7, 11) is 1.52. The Morgan fingerprint density at radius 1 is 1.09 bits per heavy atom. The number of methoxy groups -OCH3 is 1. The number of amides is 1. The fourth-order valence-corrected chi connectivity index (χ4v) is 2.28. The van der Waals surface area contributed by atoms with Crippen molar-refractivity contribution in [3.8, 4) is 5.75 Å². The summed E-state index contributed by atoms with van der Waals surface area (Å²) in [4.78, 5) is 24.2. The van der Waals surface area contributed by atoms with Crippen LogP contribution in [0.3, 0.4) is 0 Å². The number of carbonyl (C=O) groups excluding carboxylic acids is 2. The van der Waals surface area contributed by atoms with Crippen LogP contribution in [-0.4, -0.2) is 18.8 Å². The minimum absolute atomic E-state index is 0.110. The lowest BCUT2D eigenvalue weighted by Crippen LogP contribution is -2.13. The highest BCUT2D eigenvalue weighted by molar-refractivity contribution is 6.30. The van der Waals surface area contributed by atoms with Gasteiger partial charge in [0, 0.05) is 23.6 Å². The number of anilines is 1. The third-order valence-electron chi connectivity index (χ3n) is 3.36. The maximum Gasteiger partial charge on any atom is 0.224 e. The molecule has 1 amide bonds. The van der Waals surface area contributed by atoms with Crippen molar-refractivity contribution in [1.82, 2.24) is 0 Å². The monoisotopic (exact) mass is 331 g/mol. The zero-order valence-corrected chi connectivity index (χ0v) is 13.8. The highest BCUT2D eigenvalue weighted by atomic mass is 35.5. The van der Waals surface area contributed by atoms with E-state index in [1.165, 1.54) is 7.11 Å². The first-order valence-electron chi connectivity index (χ1n) is 7.23. The van der Waals surface area contributed by atoms with Crippen molar-refractivity contribution in [2.75, 3.05) is 12.4 Å². The molecule has 0 bridgehead atoms. The van der Waals surface area contributed by atoms with Gasteiger partial charge in [-0.25, -0.2) is 0 Å². The number of nitrogens with one attached hydrogen (secondary N) is 1. The lowest BCUT2D eigenvalue weighted by molar-refractivity contribution is -0.116. The Balaban J connectivity index is 1.95. The first-order chi connectivity index (χ1) is 11.0. The van der Waals surface area contributed by atoms with Crippen molar-refractivity contribution in [3.05, 3.63) is 58.6 Å². The molecule has 0 heterocycles. The lowest BCUT2D eigenvalue weighted by Gasteiger charge is -2.09. The molecule has 2 rings (SSSR count). The minimum Gasteiger partial charge on any atom is -0.496 e. The van der Waals surface area contributed by atoms with Gasteiger partial charge in [-0.15, -0.1) is 0 Å². The number of hydrogen-bond acceptors (Lipinski definition) is 3. The molecule has 0 aliphatic rings. The van der Waals surface area contributed by atoms with Gasteiger partial charge in [0.25, 0.3) is 0 Å². The normalized spacial score (nSPS) is 10.2. The largest absolute Gasteiger partial charge is 0.496 e. The molecule has 2 aromatic rings. The van der Waals surface area contributed by atoms with Crippen molar-refractivity contribution >= 4 is 29.0 Å². The molecule has 1 N–H and O–H groups in total. The predicted octanol–water partition coefficient (Wildman–Crippen LogP) is 4.26. The Labute approximate surface area is 140 Å². The highest BCUT2D eigenvalue weighted by Crippen LogP contribution is 2.22. The van der Waals surface area contributed by atoms with E-state index in [1.807, 2.05) is 13.0 Å². The number of aryl methyl sites for hydroxylation is 1. The Kier molecular flexibility index (Phi) is 5.77. The summed E-state index contributed by atoms with van der Waals surface area (Å²) in [6.45, 7) is 1.91. The topological polar surface area (TPSA) is 55.4 Å². The van der Waals surface area contributed by atoms with Crippen LogP contribution in [0, 0.1) is 6.92 Å². The number of carbonyl (C=O) groups is 2. The second kappa shape index (κ2) is 7.79. The van der Waals surface area contributed by atoms with Crippen molar-refractivity contribution in [1.29, 1.82) is 0 Å². The molecule has 0 saturated heterocycles. The molecule has 2 aromatic carbocycles. The van der Waals surface area contributed by atoms with Crippen LogP contribution in [-0.2, 0) is 4.79 Å². The van der Waals surface area contributed by atoms with Crippen LogP contribution >= 0.6 is 11.6 Å². The second-order valence-electron chi connectivity index (χ2n) is 5.18. The molecule has 5 heteroatoms. The maximum atomic E-state index is 12.3. The summed E-state index contributed by atoms with van der Waals surface area (Å²) in [6.07, 6.45) is 0.234. The fourth-order valence-electron chi connectivity index (χ4n) is 2.16. The van der Waals surface area contributed by atoms with E-state index in [0.717, 1.165) is 5.56 Å². The average molecular weight is 332 g/mol. The van der Waals surface area contributed by atoms with Crippen molar-refractivity contribution in [3.63, 3.8) is 0 Å². The summed E-state index contributed by atoms with van der Waals surface area (Å²) < 4.78 is 5.20. The van der Waals surface area contributed by atoms with Crippen LogP contribution in [0.5, 0.6) is 5.75 Å². The van der Waals surface area contributed by atoms with Crippen LogP contribution in [0.2, 0.25) is 5.02 Å². The molecule has 4 nitrogen and oxygen atoms in total. The zero-order chi connectivity index (χ0) is 16.8. The van der Waals surface area contributed by atoms with Crippen molar-refractivity contribution in [2.45, 2.75) is 19.8 Å². The van der Waals surface area contributed by atoms with E-state index in [-0.39, 0.29) is 24.5 Å². The second-order valence-corrected chi connectivity index (χ2v) is 5.62. The average Bonchev–Trinajstić information content (AvgIpc) is 2.54. The molecule has 0 saturated carbocycles. The number of benzene rings is 2. The molecule has 120 valence electrons. The quantitative estimate of drug-likeness (QED) is 0.805. The summed E-state index contributed by atoms with van der Waals surface area (Å²) in [5.41, 5.74) is 2.13. The zero-order valence-electron chi connectivity index (χ0n) is 13.1. The van der Waals surface area contributed by atoms with Crippen LogP contribution in [0.25, 0.3) is 0 Å². The first-order valence-corrected chi connectivity index (χ1v) is 7.60. The number of hydrogen-bond donors (Lipinski definition) is 1. The fraction of sp³-hybridized carbons (Fsp3) is 0.222. The molecule has 0 unspecified atom stereocenters. The van der Waals surface area contributed by atoms with Gasteiger partial charge in [-0.05, 0) is 43.3 Å². The molecule has 0 radical (unpaired) electrons. The highest BCUT2D eigenvalue weighted by Gasteiger charge is 2.14. The molecule has 0 fully saturated rings. The SMILES string of the molecule is COc1ccc(C)cc1C(=O)CCC(=O)Nc1ccc(Cl)cc1. The third kappa shape index (κ3) is 4.83. The molecule has 0 aromatic heterocycles. The van der Waals surface area contributed by atoms with Gasteiger partial charge >= 0.3 is 0 Å². The number of halogens is 1. The molecule has 0 atom stereocenters. The Bertz CT molecular complexity index is 711. The van der Waals surface area contributed by atoms with Crippen molar-refractivity contribution < 1.29 is 14.3 Å². The van der Waals surface area contributed by atoms with Crippen LogP contribution in [0.15, 0.2) is 42.5 Å². The van der Waals surface area contributed by atoms with Gasteiger partial charge in [0.05, 0.1) is 12.7 Å². The Morgan fingerprint density at radius 2 is 1.78 bits per heavy atom. The first kappa shape index (κ1) is 17.0. The standard InChI is InChI=1S/C18H18ClNO3/c1-12-3-9-17(23-2)15(11-12)16(21)8-10-18(22)20-14-6-4-13(19)5-7-14/h3-7,9,11H,8,10H2,1-2H3,(H,20,22). The van der Waals surface area contributed by atoms with Gasteiger partial charge < -0.3 is 10.1 Å². The van der Waals surface area contributed by atoms with E-state index in [9.17, 15) is 9.59 Å². The van der Waals surface area contributed by atoms with Crippen molar-refractivity contribution in [2.24, 2.45) is 0 Å². The smallest absolute Gasteiger partial charge is 0.224 e. The molecule has 0 aliphatic heterocycles. The van der Waals surface area contributed by atoms with E-state index >= 15 is 0 Å². The van der Waals surface area contributed by atoms with Gasteiger partial charge in [0.1, 0.15) is 5.75 Å². The van der Waals surface area contributed by atoms with Crippen LogP contribution in [0.4, 0.5) is 5.69 Å². The summed E-state index contributed by atoms with van der Waals surface area (Å²) in [6, 6.07) is 12.2. The predicted molar refractivity (Wildman–Crippen MR) is 91.4 cm³/mol. The van der Waals surface area contributed by atoms with Gasteiger partial charge in [-0.2, -0.15) is 0 Å². The summed E-state index contributed by atoms with van der Waals surface area (Å²) >= 11 is 5.79. The van der Waals surface area contributed by atoms with E-state index in [2.05, 4.69) is 5.32 Å². The molecular formula is C18H18ClNO3. The van der Waals surface area contributed by atoms with Gasteiger partial charge in [-0.1, -0.05) is 23.2 Å². The van der Waals surface area contributed by atoms with E-state index in [1.54, 1.807) is 36.4 Å². The van der Waals surface area contributed by atoms with E-state index in [4.69, 9.17) is 16.3 Å². The minimum atomic E-state index is -0.215. The Hall–Kier alpha value is -2.33. The molecule has 0 aliphatic carbocycles. The summed E-state index contributed by atoms with van der Waals surface area (Å²) in [5, 5.41) is 3.34. The summed E-state index contributed by atoms with van der Waals surface area (Å²) in [5.74, 6) is 0.197. The third-order valence-corrected chi connectivity index (χ3v) is 3.61. The molecular weight excluding hydrogens is 314 g/mol. The van der Waals surface area contributed by atoms with Gasteiger partial charge in [0.15, 0.2) is 5.78 Å². The van der Waals surface area contributed by atoms with Crippen LogP contribution < -0.4 is 10.1 Å². The maximum absolute atomic E-state index is 12.3. The number of rotatable bonds is 6. The number of ether oxygens (including phenoxy) is 1. The van der Waals surface area contributed by atoms with E-state index < -0.39 is 0 Å². The Morgan fingerprint density at radius 3 is 2.43 bits per heavy atom. The van der Waals surface area contributed by atoms with Gasteiger partial charge in [-0.3, -0.25) is 9.59 Å². The lowest BCUT2D eigenvalue weighted by atomic mass is 10.0. The van der Waals surface area contributed by atoms with Crippen LogP contribution in [0.1, 0.15) is 28.8 Å². The van der Waals surface area contributed by atoms with Gasteiger partial charge in [0.2, 0.25) is 5.91 Å².